The lowest BCUT2D eigenvalue weighted by atomic mass is 9.99. The van der Waals surface area contributed by atoms with Crippen LogP contribution in [-0.4, -0.2) is 44.1 Å². The maximum absolute atomic E-state index is 12.3. The Kier molecular flexibility index (Phi) is 7.19. The lowest BCUT2D eigenvalue weighted by Gasteiger charge is -2.13. The van der Waals surface area contributed by atoms with Gasteiger partial charge in [-0.05, 0) is 56.2 Å². The SMILES string of the molecule is Cc1nc2c(c(=O)[nH]1)C(C/C=C/c1ccc(C(=O)N[C@@H](CCC(=O)O)C(=O)O)cc1)CC2. The highest BCUT2D eigenvalue weighted by molar-refractivity contribution is 5.96. The van der Waals surface area contributed by atoms with Crippen LogP contribution in [0.5, 0.6) is 0 Å². The highest BCUT2D eigenvalue weighted by Crippen LogP contribution is 2.32. The van der Waals surface area contributed by atoms with E-state index in [1.54, 1.807) is 31.2 Å². The molecule has 3 rings (SSSR count). The van der Waals surface area contributed by atoms with E-state index in [1.807, 2.05) is 12.2 Å². The van der Waals surface area contributed by atoms with E-state index < -0.39 is 23.9 Å². The molecule has 1 heterocycles. The van der Waals surface area contributed by atoms with Gasteiger partial charge in [-0.2, -0.15) is 0 Å². The number of aliphatic carboxylic acids is 2. The van der Waals surface area contributed by atoms with Crippen molar-refractivity contribution in [1.29, 1.82) is 0 Å². The lowest BCUT2D eigenvalue weighted by Crippen LogP contribution is -2.41. The first-order valence-electron chi connectivity index (χ1n) is 10.4. The monoisotopic (exact) mass is 439 g/mol. The Bertz CT molecular complexity index is 1100. The number of fused-ring (bicyclic) bond motifs is 1. The van der Waals surface area contributed by atoms with Gasteiger partial charge in [-0.15, -0.1) is 0 Å². The maximum atomic E-state index is 12.3. The van der Waals surface area contributed by atoms with Crippen LogP contribution in [0.1, 0.15) is 64.6 Å². The van der Waals surface area contributed by atoms with Gasteiger partial charge in [0.1, 0.15) is 11.9 Å². The predicted molar refractivity (Wildman–Crippen MR) is 117 cm³/mol. The zero-order chi connectivity index (χ0) is 23.3. The second kappa shape index (κ2) is 10.0. The summed E-state index contributed by atoms with van der Waals surface area (Å²) in [6.45, 7) is 1.77. The van der Waals surface area contributed by atoms with E-state index in [0.29, 0.717) is 12.2 Å². The van der Waals surface area contributed by atoms with Gasteiger partial charge in [-0.3, -0.25) is 14.4 Å². The van der Waals surface area contributed by atoms with Gasteiger partial charge in [-0.25, -0.2) is 9.78 Å². The number of carboxylic acid groups (broad SMARTS) is 2. The van der Waals surface area contributed by atoms with Crippen LogP contribution < -0.4 is 10.9 Å². The molecule has 4 N–H and O–H groups in total. The zero-order valence-electron chi connectivity index (χ0n) is 17.6. The number of hydrogen-bond donors (Lipinski definition) is 4. The number of carbonyl (C=O) groups excluding carboxylic acids is 1. The number of aromatic amines is 1. The summed E-state index contributed by atoms with van der Waals surface area (Å²) in [6, 6.07) is 5.35. The molecule has 1 aromatic carbocycles. The molecule has 0 radical (unpaired) electrons. The van der Waals surface area contributed by atoms with Crippen molar-refractivity contribution >= 4 is 23.9 Å². The zero-order valence-corrected chi connectivity index (χ0v) is 17.6. The highest BCUT2D eigenvalue weighted by Gasteiger charge is 2.26. The fraction of sp³-hybridized carbons (Fsp3) is 0.348. The average molecular weight is 439 g/mol. The molecule has 0 saturated heterocycles. The van der Waals surface area contributed by atoms with Crippen LogP contribution in [0.2, 0.25) is 0 Å². The van der Waals surface area contributed by atoms with Crippen LogP contribution in [0.25, 0.3) is 6.08 Å². The topological polar surface area (TPSA) is 149 Å². The molecule has 168 valence electrons. The first-order valence-corrected chi connectivity index (χ1v) is 10.4. The third-order valence-electron chi connectivity index (χ3n) is 5.44. The molecule has 0 spiro atoms. The lowest BCUT2D eigenvalue weighted by molar-refractivity contribution is -0.140. The minimum absolute atomic E-state index is 0.0678. The minimum Gasteiger partial charge on any atom is -0.481 e. The molecule has 0 saturated carbocycles. The van der Waals surface area contributed by atoms with Gasteiger partial charge >= 0.3 is 11.9 Å². The molecule has 1 aromatic heterocycles. The van der Waals surface area contributed by atoms with Gasteiger partial charge in [0.2, 0.25) is 0 Å². The predicted octanol–water partition coefficient (Wildman–Crippen LogP) is 2.26. The summed E-state index contributed by atoms with van der Waals surface area (Å²) in [4.78, 5) is 53.6. The molecule has 9 nitrogen and oxygen atoms in total. The van der Waals surface area contributed by atoms with Gasteiger partial charge in [-0.1, -0.05) is 24.3 Å². The summed E-state index contributed by atoms with van der Waals surface area (Å²) < 4.78 is 0. The number of aromatic nitrogens is 2. The van der Waals surface area contributed by atoms with E-state index in [0.717, 1.165) is 29.7 Å². The average Bonchev–Trinajstić information content (AvgIpc) is 3.14. The molecule has 0 bridgehead atoms. The van der Waals surface area contributed by atoms with Crippen molar-refractivity contribution in [3.05, 3.63) is 68.9 Å². The third kappa shape index (κ3) is 5.69. The number of carbonyl (C=O) groups is 3. The Morgan fingerprint density at radius 2 is 1.97 bits per heavy atom. The first kappa shape index (κ1) is 22.9. The number of hydrogen-bond acceptors (Lipinski definition) is 5. The number of benzene rings is 1. The van der Waals surface area contributed by atoms with Crippen molar-refractivity contribution in [1.82, 2.24) is 15.3 Å². The molecule has 1 aliphatic rings. The van der Waals surface area contributed by atoms with Crippen molar-refractivity contribution in [3.8, 4) is 0 Å². The van der Waals surface area contributed by atoms with Crippen molar-refractivity contribution in [2.75, 3.05) is 0 Å². The summed E-state index contributed by atoms with van der Waals surface area (Å²) in [6.07, 6.45) is 5.72. The number of nitrogens with zero attached hydrogens (tertiary/aromatic N) is 1. The van der Waals surface area contributed by atoms with E-state index in [1.165, 1.54) is 0 Å². The van der Waals surface area contributed by atoms with E-state index >= 15 is 0 Å². The van der Waals surface area contributed by atoms with Crippen LogP contribution in [0.15, 0.2) is 35.1 Å². The molecule has 0 aliphatic heterocycles. The number of amides is 1. The summed E-state index contributed by atoms with van der Waals surface area (Å²) in [5.74, 6) is -2.23. The van der Waals surface area contributed by atoms with Gasteiger partial charge in [0.25, 0.3) is 11.5 Å². The van der Waals surface area contributed by atoms with Gasteiger partial charge < -0.3 is 20.5 Å². The molecule has 1 amide bonds. The summed E-state index contributed by atoms with van der Waals surface area (Å²) in [5.41, 5.74) is 2.71. The second-order valence-electron chi connectivity index (χ2n) is 7.80. The minimum atomic E-state index is -1.28. The van der Waals surface area contributed by atoms with Crippen LogP contribution in [0.4, 0.5) is 0 Å². The molecule has 32 heavy (non-hydrogen) atoms. The number of nitrogens with one attached hydrogen (secondary N) is 2. The highest BCUT2D eigenvalue weighted by atomic mass is 16.4. The van der Waals surface area contributed by atoms with Gasteiger partial charge in [0.05, 0.1) is 5.69 Å². The molecular weight excluding hydrogens is 414 g/mol. The van der Waals surface area contributed by atoms with Crippen LogP contribution in [0, 0.1) is 6.92 Å². The molecular formula is C23H25N3O6. The van der Waals surface area contributed by atoms with Crippen LogP contribution in [0.3, 0.4) is 0 Å². The first-order chi connectivity index (χ1) is 15.2. The molecule has 2 atom stereocenters. The summed E-state index contributed by atoms with van der Waals surface area (Å²) in [7, 11) is 0. The standard InChI is InChI=1S/C23H25N3O6/c1-13-24-17-10-9-15(20(17)22(30)25-13)4-2-3-14-5-7-16(8-6-14)21(29)26-18(23(31)32)11-12-19(27)28/h2-3,5-8,15,18H,4,9-12H2,1H3,(H,26,29)(H,27,28)(H,31,32)(H,24,25,30)/b3-2+/t15?,18-/m0/s1. The second-order valence-corrected chi connectivity index (χ2v) is 7.80. The van der Waals surface area contributed by atoms with Crippen LogP contribution >= 0.6 is 0 Å². The molecule has 2 aromatic rings. The Hall–Kier alpha value is -3.75. The molecule has 1 unspecified atom stereocenters. The van der Waals surface area contributed by atoms with E-state index in [2.05, 4.69) is 15.3 Å². The number of carboxylic acids is 2. The fourth-order valence-electron chi connectivity index (χ4n) is 3.84. The smallest absolute Gasteiger partial charge is 0.326 e. The Morgan fingerprint density at radius 1 is 1.25 bits per heavy atom. The van der Waals surface area contributed by atoms with Crippen molar-refractivity contribution in [2.24, 2.45) is 0 Å². The quantitative estimate of drug-likeness (QED) is 0.468. The largest absolute Gasteiger partial charge is 0.481 e. The molecule has 1 aliphatic carbocycles. The van der Waals surface area contributed by atoms with E-state index in [9.17, 15) is 19.2 Å². The molecule has 0 fully saturated rings. The normalized spacial score (nSPS) is 16.0. The fourth-order valence-corrected chi connectivity index (χ4v) is 3.84. The van der Waals surface area contributed by atoms with Crippen molar-refractivity contribution in [2.45, 2.75) is 51.0 Å². The van der Waals surface area contributed by atoms with Gasteiger partial charge in [0, 0.05) is 17.5 Å². The Morgan fingerprint density at radius 3 is 2.62 bits per heavy atom. The third-order valence-corrected chi connectivity index (χ3v) is 5.44. The summed E-state index contributed by atoms with van der Waals surface area (Å²) >= 11 is 0. The number of allylic oxidation sites excluding steroid dienone is 1. The Labute approximate surface area is 184 Å². The number of rotatable bonds is 9. The van der Waals surface area contributed by atoms with E-state index in [-0.39, 0.29) is 29.9 Å². The molecule has 9 heteroatoms. The van der Waals surface area contributed by atoms with Crippen molar-refractivity contribution in [3.63, 3.8) is 0 Å². The maximum Gasteiger partial charge on any atom is 0.326 e. The Balaban J connectivity index is 1.59. The van der Waals surface area contributed by atoms with Gasteiger partial charge in [0.15, 0.2) is 0 Å². The van der Waals surface area contributed by atoms with E-state index in [4.69, 9.17) is 10.2 Å². The van der Waals surface area contributed by atoms with Crippen molar-refractivity contribution < 1.29 is 24.6 Å². The van der Waals surface area contributed by atoms with Crippen LogP contribution in [-0.2, 0) is 16.0 Å². The summed E-state index contributed by atoms with van der Waals surface area (Å²) in [5, 5.41) is 20.2. The number of H-pyrrole nitrogens is 1. The number of aryl methyl sites for hydroxylation is 2.